The minimum absolute atomic E-state index is 0.248. The molecule has 2 N–H and O–H groups in total. The van der Waals surface area contributed by atoms with Crippen LogP contribution in [0.5, 0.6) is 0 Å². The number of hydrogen-bond acceptors (Lipinski definition) is 4. The van der Waals surface area contributed by atoms with Crippen LogP contribution in [0.15, 0.2) is 0 Å². The fourth-order valence-electron chi connectivity index (χ4n) is 1.30. The van der Waals surface area contributed by atoms with Crippen LogP contribution in [0.4, 0.5) is 0 Å². The number of nitrogens with one attached hydrogen (secondary N) is 1. The average Bonchev–Trinajstić information content (AvgIpc) is 1.99. The maximum Gasteiger partial charge on any atom is 0.329 e. The number of aliphatic carboxylic acids is 1. The second-order valence-corrected chi connectivity index (χ2v) is 6.15. The molecular formula is C9H17NO5S. The lowest BCUT2D eigenvalue weighted by Gasteiger charge is -2.25. The number of rotatable bonds is 6. The molecule has 0 aliphatic rings. The summed E-state index contributed by atoms with van der Waals surface area (Å²) < 4.78 is 21.7. The van der Waals surface area contributed by atoms with E-state index in [9.17, 15) is 18.0 Å². The first-order chi connectivity index (χ1) is 7.10. The van der Waals surface area contributed by atoms with E-state index in [1.807, 2.05) is 0 Å². The van der Waals surface area contributed by atoms with Crippen LogP contribution in [0.25, 0.3) is 0 Å². The van der Waals surface area contributed by atoms with E-state index < -0.39 is 33.0 Å². The van der Waals surface area contributed by atoms with Crippen molar-refractivity contribution < 1.29 is 23.1 Å². The minimum atomic E-state index is -3.44. The molecule has 0 bridgehead atoms. The van der Waals surface area contributed by atoms with Crippen LogP contribution in [0.3, 0.4) is 0 Å². The first kappa shape index (κ1) is 14.9. The Labute approximate surface area is 95.0 Å². The first-order valence-electron chi connectivity index (χ1n) is 4.83. The lowest BCUT2D eigenvalue weighted by Crippen LogP contribution is -2.53. The van der Waals surface area contributed by atoms with Gasteiger partial charge in [0.05, 0.1) is 0 Å². The highest BCUT2D eigenvalue weighted by atomic mass is 32.2. The van der Waals surface area contributed by atoms with E-state index in [4.69, 9.17) is 5.11 Å². The molecule has 1 amide bonds. The number of carbonyl (C=O) groups is 2. The molecule has 6 nitrogen and oxygen atoms in total. The van der Waals surface area contributed by atoms with Gasteiger partial charge < -0.3 is 10.4 Å². The van der Waals surface area contributed by atoms with Crippen molar-refractivity contribution in [3.63, 3.8) is 0 Å². The van der Waals surface area contributed by atoms with Gasteiger partial charge in [0, 0.05) is 6.26 Å². The summed E-state index contributed by atoms with van der Waals surface area (Å²) in [4.78, 5) is 22.2. The number of carboxylic acids is 1. The van der Waals surface area contributed by atoms with Gasteiger partial charge in [-0.3, -0.25) is 4.79 Å². The van der Waals surface area contributed by atoms with Crippen molar-refractivity contribution in [1.82, 2.24) is 5.32 Å². The fourth-order valence-corrected chi connectivity index (χ4v) is 1.85. The molecule has 0 saturated heterocycles. The summed E-state index contributed by atoms with van der Waals surface area (Å²) in [7, 11) is -3.44. The highest BCUT2D eigenvalue weighted by Gasteiger charge is 2.34. The van der Waals surface area contributed by atoms with E-state index >= 15 is 0 Å². The van der Waals surface area contributed by atoms with Crippen LogP contribution in [0, 0.1) is 0 Å². The van der Waals surface area contributed by atoms with Gasteiger partial charge >= 0.3 is 5.97 Å². The molecule has 0 rings (SSSR count). The van der Waals surface area contributed by atoms with Crippen LogP contribution in [-0.4, -0.2) is 42.9 Å². The van der Waals surface area contributed by atoms with Crippen molar-refractivity contribution >= 4 is 21.7 Å². The van der Waals surface area contributed by atoms with Crippen LogP contribution in [0.2, 0.25) is 0 Å². The Morgan fingerprint density at radius 3 is 2.19 bits per heavy atom. The van der Waals surface area contributed by atoms with Gasteiger partial charge in [0.15, 0.2) is 9.84 Å². The van der Waals surface area contributed by atoms with Crippen molar-refractivity contribution in [3.8, 4) is 0 Å². The van der Waals surface area contributed by atoms with Gasteiger partial charge in [-0.05, 0) is 13.3 Å². The molecule has 0 radical (unpaired) electrons. The highest BCUT2D eigenvalue weighted by Crippen LogP contribution is 2.12. The summed E-state index contributed by atoms with van der Waals surface area (Å²) >= 11 is 0. The predicted molar refractivity (Wildman–Crippen MR) is 58.8 cm³/mol. The molecule has 7 heteroatoms. The summed E-state index contributed by atoms with van der Waals surface area (Å²) in [6.07, 6.45) is 1.74. The number of amides is 1. The zero-order valence-corrected chi connectivity index (χ0v) is 10.4. The second kappa shape index (κ2) is 5.29. The molecule has 16 heavy (non-hydrogen) atoms. The van der Waals surface area contributed by atoms with Crippen molar-refractivity contribution in [3.05, 3.63) is 0 Å². The molecule has 0 aliphatic heterocycles. The van der Waals surface area contributed by atoms with Gasteiger partial charge in [-0.2, -0.15) is 0 Å². The Kier molecular flexibility index (Phi) is 4.92. The van der Waals surface area contributed by atoms with E-state index in [-0.39, 0.29) is 6.42 Å². The van der Waals surface area contributed by atoms with Gasteiger partial charge in [0.25, 0.3) is 0 Å². The standard InChI is InChI=1S/C9H17NO5S/c1-4-5-9(2,8(12)13)10-7(11)6-16(3,14)15/h4-6H2,1-3H3,(H,10,11)(H,12,13). The molecular weight excluding hydrogens is 234 g/mol. The summed E-state index contributed by atoms with van der Waals surface area (Å²) in [5, 5.41) is 11.2. The smallest absolute Gasteiger partial charge is 0.329 e. The molecule has 0 aromatic carbocycles. The monoisotopic (exact) mass is 251 g/mol. The summed E-state index contributed by atoms with van der Waals surface area (Å²) in [5.74, 6) is -2.66. The maximum absolute atomic E-state index is 11.3. The number of carbonyl (C=O) groups excluding carboxylic acids is 1. The molecule has 0 saturated carbocycles. The van der Waals surface area contributed by atoms with Gasteiger partial charge in [0.2, 0.25) is 5.91 Å². The van der Waals surface area contributed by atoms with Crippen molar-refractivity contribution in [2.45, 2.75) is 32.2 Å². The summed E-state index contributed by atoms with van der Waals surface area (Å²) in [6.45, 7) is 3.14. The molecule has 1 unspecified atom stereocenters. The van der Waals surface area contributed by atoms with E-state index in [0.717, 1.165) is 6.26 Å². The van der Waals surface area contributed by atoms with Crippen LogP contribution < -0.4 is 5.32 Å². The second-order valence-electron chi connectivity index (χ2n) is 4.01. The fraction of sp³-hybridized carbons (Fsp3) is 0.778. The molecule has 0 spiro atoms. The average molecular weight is 251 g/mol. The van der Waals surface area contributed by atoms with E-state index in [0.29, 0.717) is 6.42 Å². The zero-order valence-electron chi connectivity index (χ0n) is 9.61. The Hall–Kier alpha value is -1.11. The third-order valence-electron chi connectivity index (χ3n) is 2.03. The van der Waals surface area contributed by atoms with Gasteiger partial charge in [0.1, 0.15) is 11.3 Å². The normalized spacial score (nSPS) is 15.2. The van der Waals surface area contributed by atoms with Crippen molar-refractivity contribution in [2.75, 3.05) is 12.0 Å². The lowest BCUT2D eigenvalue weighted by molar-refractivity contribution is -0.146. The van der Waals surface area contributed by atoms with Crippen molar-refractivity contribution in [2.24, 2.45) is 0 Å². The van der Waals surface area contributed by atoms with E-state index in [1.54, 1.807) is 6.92 Å². The van der Waals surface area contributed by atoms with Crippen molar-refractivity contribution in [1.29, 1.82) is 0 Å². The molecule has 0 fully saturated rings. The van der Waals surface area contributed by atoms with Crippen LogP contribution in [-0.2, 0) is 19.4 Å². The number of hydrogen-bond donors (Lipinski definition) is 2. The molecule has 94 valence electrons. The topological polar surface area (TPSA) is 101 Å². The van der Waals surface area contributed by atoms with E-state index in [2.05, 4.69) is 5.32 Å². The SMILES string of the molecule is CCCC(C)(NC(=O)CS(C)(=O)=O)C(=O)O. The Bertz CT molecular complexity index is 375. The molecule has 0 aromatic rings. The molecule has 1 atom stereocenters. The number of sulfone groups is 1. The molecule has 0 aromatic heterocycles. The summed E-state index contributed by atoms with van der Waals surface area (Å²) in [5.41, 5.74) is -1.41. The Morgan fingerprint density at radius 2 is 1.88 bits per heavy atom. The predicted octanol–water partition coefficient (Wildman–Crippen LogP) is -0.209. The molecule has 0 heterocycles. The lowest BCUT2D eigenvalue weighted by atomic mass is 9.96. The Balaban J connectivity index is 4.66. The van der Waals surface area contributed by atoms with E-state index in [1.165, 1.54) is 6.92 Å². The third-order valence-corrected chi connectivity index (χ3v) is 2.82. The van der Waals surface area contributed by atoms with Gasteiger partial charge in [-0.15, -0.1) is 0 Å². The maximum atomic E-state index is 11.3. The quantitative estimate of drug-likeness (QED) is 0.680. The van der Waals surface area contributed by atoms with Gasteiger partial charge in [-0.25, -0.2) is 13.2 Å². The van der Waals surface area contributed by atoms with Crippen LogP contribution >= 0.6 is 0 Å². The summed E-state index contributed by atoms with van der Waals surface area (Å²) in [6, 6.07) is 0. The molecule has 0 aliphatic carbocycles. The van der Waals surface area contributed by atoms with Crippen LogP contribution in [0.1, 0.15) is 26.7 Å². The minimum Gasteiger partial charge on any atom is -0.480 e. The highest BCUT2D eigenvalue weighted by molar-refractivity contribution is 7.91. The number of carboxylic acid groups (broad SMARTS) is 1. The third kappa shape index (κ3) is 5.11. The Morgan fingerprint density at radius 1 is 1.38 bits per heavy atom. The van der Waals surface area contributed by atoms with Gasteiger partial charge in [-0.1, -0.05) is 13.3 Å². The first-order valence-corrected chi connectivity index (χ1v) is 6.89. The zero-order chi connectivity index (χ0) is 13.0. The largest absolute Gasteiger partial charge is 0.480 e.